The second kappa shape index (κ2) is 3.81. The minimum Gasteiger partial charge on any atom is -0.238 e. The van der Waals surface area contributed by atoms with Crippen molar-refractivity contribution >= 4 is 0 Å². The minimum absolute atomic E-state index is 0.276. The van der Waals surface area contributed by atoms with Gasteiger partial charge in [0, 0.05) is 6.42 Å². The highest BCUT2D eigenvalue weighted by atomic mass is 19.1. The average Bonchev–Trinajstić information content (AvgIpc) is 2.02. The van der Waals surface area contributed by atoms with Gasteiger partial charge in [-0.2, -0.15) is 0 Å². The lowest BCUT2D eigenvalue weighted by atomic mass is 9.90. The molecule has 0 saturated heterocycles. The lowest BCUT2D eigenvalue weighted by Gasteiger charge is -2.16. The molecule has 13 heavy (non-hydrogen) atoms. The molecule has 72 valence electrons. The molecule has 1 aromatic rings. The van der Waals surface area contributed by atoms with Crippen LogP contribution in [-0.2, 0) is 6.42 Å². The summed E-state index contributed by atoms with van der Waals surface area (Å²) in [6.45, 7) is 6.49. The number of nitrogens with zero attached hydrogens (tertiary/aromatic N) is 2. The molecule has 2 nitrogen and oxygen atoms in total. The van der Waals surface area contributed by atoms with Crippen LogP contribution in [0.5, 0.6) is 0 Å². The molecule has 0 radical (unpaired) electrons. The molecule has 0 aromatic carbocycles. The van der Waals surface area contributed by atoms with Gasteiger partial charge in [0.25, 0.3) is 0 Å². The Morgan fingerprint density at radius 1 is 1.23 bits per heavy atom. The molecule has 0 amide bonds. The normalized spacial score (nSPS) is 11.7. The maximum absolute atomic E-state index is 12.4. The second-order valence-corrected chi connectivity index (χ2v) is 4.38. The second-order valence-electron chi connectivity index (χ2n) is 4.38. The Hall–Kier alpha value is -0.990. The smallest absolute Gasteiger partial charge is 0.159 e. The predicted molar refractivity (Wildman–Crippen MR) is 49.8 cm³/mol. The standard InChI is InChI=1S/C10H15FN2/c1-10(2,3)5-4-9-12-6-8(11)7-13-9/h6-7H,4-5H2,1-3H3. The van der Waals surface area contributed by atoms with E-state index in [1.54, 1.807) is 0 Å². The molecule has 1 rings (SSSR count). The minimum atomic E-state index is -0.375. The zero-order chi connectivity index (χ0) is 9.90. The molecular weight excluding hydrogens is 167 g/mol. The van der Waals surface area contributed by atoms with Gasteiger partial charge in [-0.3, -0.25) is 0 Å². The lowest BCUT2D eigenvalue weighted by molar-refractivity contribution is 0.374. The third-order valence-corrected chi connectivity index (χ3v) is 1.77. The first-order chi connectivity index (χ1) is 5.97. The third-order valence-electron chi connectivity index (χ3n) is 1.77. The number of hydrogen-bond acceptors (Lipinski definition) is 2. The zero-order valence-electron chi connectivity index (χ0n) is 8.34. The summed E-state index contributed by atoms with van der Waals surface area (Å²) in [4.78, 5) is 7.79. The number of aromatic nitrogens is 2. The largest absolute Gasteiger partial charge is 0.238 e. The van der Waals surface area contributed by atoms with Gasteiger partial charge in [-0.25, -0.2) is 14.4 Å². The van der Waals surface area contributed by atoms with Gasteiger partial charge in [0.05, 0.1) is 12.4 Å². The fourth-order valence-corrected chi connectivity index (χ4v) is 0.955. The summed E-state index contributed by atoms with van der Waals surface area (Å²) >= 11 is 0. The van der Waals surface area contributed by atoms with E-state index in [1.165, 1.54) is 12.4 Å². The number of aryl methyl sites for hydroxylation is 1. The van der Waals surface area contributed by atoms with Gasteiger partial charge in [-0.05, 0) is 11.8 Å². The van der Waals surface area contributed by atoms with E-state index in [0.717, 1.165) is 18.7 Å². The van der Waals surface area contributed by atoms with Gasteiger partial charge in [0.15, 0.2) is 5.82 Å². The van der Waals surface area contributed by atoms with Crippen LogP contribution in [0.3, 0.4) is 0 Å². The predicted octanol–water partition coefficient (Wildman–Crippen LogP) is 2.59. The number of rotatable bonds is 2. The summed E-state index contributed by atoms with van der Waals surface area (Å²) in [7, 11) is 0. The molecule has 0 unspecified atom stereocenters. The summed E-state index contributed by atoms with van der Waals surface area (Å²) < 4.78 is 12.4. The molecule has 1 heterocycles. The molecule has 0 aliphatic rings. The van der Waals surface area contributed by atoms with Crippen LogP contribution in [0.1, 0.15) is 33.0 Å². The average molecular weight is 182 g/mol. The molecule has 3 heteroatoms. The highest BCUT2D eigenvalue weighted by molar-refractivity contribution is 4.91. The van der Waals surface area contributed by atoms with Crippen LogP contribution in [0.25, 0.3) is 0 Å². The van der Waals surface area contributed by atoms with E-state index in [1.807, 2.05) is 0 Å². The van der Waals surface area contributed by atoms with Crippen molar-refractivity contribution in [3.8, 4) is 0 Å². The highest BCUT2D eigenvalue weighted by Gasteiger charge is 2.10. The van der Waals surface area contributed by atoms with Gasteiger partial charge >= 0.3 is 0 Å². The summed E-state index contributed by atoms with van der Waals surface area (Å²) in [6, 6.07) is 0. The van der Waals surface area contributed by atoms with Crippen LogP contribution in [-0.4, -0.2) is 9.97 Å². The Bertz CT molecular complexity index is 261. The van der Waals surface area contributed by atoms with Crippen LogP contribution >= 0.6 is 0 Å². The molecule has 0 aliphatic heterocycles. The first-order valence-electron chi connectivity index (χ1n) is 4.44. The van der Waals surface area contributed by atoms with E-state index in [2.05, 4.69) is 30.7 Å². The lowest BCUT2D eigenvalue weighted by Crippen LogP contribution is -2.08. The van der Waals surface area contributed by atoms with Gasteiger partial charge in [0.2, 0.25) is 0 Å². The van der Waals surface area contributed by atoms with Crippen molar-refractivity contribution in [2.75, 3.05) is 0 Å². The van der Waals surface area contributed by atoms with Crippen molar-refractivity contribution in [2.45, 2.75) is 33.6 Å². The van der Waals surface area contributed by atoms with Gasteiger partial charge in [-0.15, -0.1) is 0 Å². The summed E-state index contributed by atoms with van der Waals surface area (Å²) in [5.74, 6) is 0.343. The SMILES string of the molecule is CC(C)(C)CCc1ncc(F)cn1. The first-order valence-corrected chi connectivity index (χ1v) is 4.44. The molecule has 0 fully saturated rings. The molecule has 0 saturated carbocycles. The van der Waals surface area contributed by atoms with Crippen molar-refractivity contribution in [1.82, 2.24) is 9.97 Å². The van der Waals surface area contributed by atoms with E-state index < -0.39 is 0 Å². The van der Waals surface area contributed by atoms with Gasteiger partial charge < -0.3 is 0 Å². The molecule has 0 bridgehead atoms. The third kappa shape index (κ3) is 3.97. The van der Waals surface area contributed by atoms with Crippen LogP contribution < -0.4 is 0 Å². The number of halogens is 1. The summed E-state index contributed by atoms with van der Waals surface area (Å²) in [5, 5.41) is 0. The van der Waals surface area contributed by atoms with Gasteiger partial charge in [0.1, 0.15) is 5.82 Å². The fourth-order valence-electron chi connectivity index (χ4n) is 0.955. The van der Waals surface area contributed by atoms with E-state index in [4.69, 9.17) is 0 Å². The molecule has 0 N–H and O–H groups in total. The van der Waals surface area contributed by atoms with Gasteiger partial charge in [-0.1, -0.05) is 20.8 Å². The Morgan fingerprint density at radius 3 is 2.23 bits per heavy atom. The van der Waals surface area contributed by atoms with Crippen molar-refractivity contribution in [2.24, 2.45) is 5.41 Å². The highest BCUT2D eigenvalue weighted by Crippen LogP contribution is 2.19. The maximum atomic E-state index is 12.4. The summed E-state index contributed by atoms with van der Waals surface area (Å²) in [6.07, 6.45) is 4.25. The van der Waals surface area contributed by atoms with E-state index in [0.29, 0.717) is 0 Å². The Morgan fingerprint density at radius 2 is 1.77 bits per heavy atom. The number of hydrogen-bond donors (Lipinski definition) is 0. The molecular formula is C10H15FN2. The van der Waals surface area contributed by atoms with E-state index in [9.17, 15) is 4.39 Å². The quantitative estimate of drug-likeness (QED) is 0.702. The summed E-state index contributed by atoms with van der Waals surface area (Å²) in [5.41, 5.74) is 0.276. The Labute approximate surface area is 78.2 Å². The van der Waals surface area contributed by atoms with Crippen molar-refractivity contribution in [3.63, 3.8) is 0 Å². The van der Waals surface area contributed by atoms with Crippen LogP contribution in [0.2, 0.25) is 0 Å². The van der Waals surface area contributed by atoms with Crippen molar-refractivity contribution < 1.29 is 4.39 Å². The maximum Gasteiger partial charge on any atom is 0.159 e. The van der Waals surface area contributed by atoms with Crippen LogP contribution in [0, 0.1) is 11.2 Å². The molecule has 0 aliphatic carbocycles. The van der Waals surface area contributed by atoms with Crippen LogP contribution in [0.4, 0.5) is 4.39 Å². The van der Waals surface area contributed by atoms with Crippen molar-refractivity contribution in [1.29, 1.82) is 0 Å². The Kier molecular flexibility index (Phi) is 2.96. The monoisotopic (exact) mass is 182 g/mol. The topological polar surface area (TPSA) is 25.8 Å². The first kappa shape index (κ1) is 10.1. The fraction of sp³-hybridized carbons (Fsp3) is 0.600. The molecule has 0 atom stereocenters. The molecule has 0 spiro atoms. The Balaban J connectivity index is 2.51. The van der Waals surface area contributed by atoms with E-state index >= 15 is 0 Å². The van der Waals surface area contributed by atoms with Crippen molar-refractivity contribution in [3.05, 3.63) is 24.0 Å². The molecule has 1 aromatic heterocycles. The van der Waals surface area contributed by atoms with E-state index in [-0.39, 0.29) is 11.2 Å². The van der Waals surface area contributed by atoms with Crippen LogP contribution in [0.15, 0.2) is 12.4 Å². The zero-order valence-corrected chi connectivity index (χ0v) is 8.34.